The minimum absolute atomic E-state index is 0.205. The van der Waals surface area contributed by atoms with E-state index < -0.39 is 26.6 Å². The molecule has 0 aliphatic heterocycles. The van der Waals surface area contributed by atoms with Gasteiger partial charge in [-0.1, -0.05) is 5.16 Å². The average Bonchev–Trinajstić information content (AvgIpc) is 2.56. The van der Waals surface area contributed by atoms with Gasteiger partial charge in [0, 0.05) is 13.0 Å². The number of aryl methyl sites for hydroxylation is 1. The summed E-state index contributed by atoms with van der Waals surface area (Å²) in [6.07, 6.45) is 0. The van der Waals surface area contributed by atoms with Crippen LogP contribution in [0, 0.1) is 6.92 Å². The van der Waals surface area contributed by atoms with Crippen LogP contribution in [-0.2, 0) is 13.9 Å². The summed E-state index contributed by atoms with van der Waals surface area (Å²) in [7, 11) is -10.6. The molecule has 0 saturated carbocycles. The van der Waals surface area contributed by atoms with Crippen molar-refractivity contribution in [1.82, 2.24) is 5.16 Å². The van der Waals surface area contributed by atoms with Gasteiger partial charge in [0.15, 0.2) is 5.82 Å². The van der Waals surface area contributed by atoms with E-state index in [9.17, 15) is 13.9 Å². The monoisotopic (exact) mass is 314 g/mol. The van der Waals surface area contributed by atoms with Crippen molar-refractivity contribution in [2.45, 2.75) is 19.4 Å². The van der Waals surface area contributed by atoms with E-state index in [-0.39, 0.29) is 16.5 Å². The Kier molecular flexibility index (Phi) is 4.36. The van der Waals surface area contributed by atoms with Gasteiger partial charge >= 0.3 is 15.2 Å². The maximum atomic E-state index is 11.4. The molecule has 0 aliphatic rings. The lowest BCUT2D eigenvalue weighted by molar-refractivity contribution is -0.116. The van der Waals surface area contributed by atoms with E-state index in [4.69, 9.17) is 19.6 Å². The molecule has 108 valence electrons. The van der Waals surface area contributed by atoms with Crippen LogP contribution in [0.3, 0.4) is 0 Å². The van der Waals surface area contributed by atoms with Crippen molar-refractivity contribution in [1.29, 1.82) is 0 Å². The van der Waals surface area contributed by atoms with Crippen molar-refractivity contribution in [3.63, 3.8) is 0 Å². The van der Waals surface area contributed by atoms with E-state index in [1.165, 1.54) is 6.92 Å². The van der Waals surface area contributed by atoms with Gasteiger partial charge in [0.1, 0.15) is 5.76 Å². The van der Waals surface area contributed by atoms with Crippen LogP contribution in [0.4, 0.5) is 5.82 Å². The molecular formula is C7H12N2O8P2. The fourth-order valence-corrected chi connectivity index (χ4v) is 4.14. The number of anilines is 1. The zero-order valence-electron chi connectivity index (χ0n) is 9.87. The quantitative estimate of drug-likeness (QED) is 0.559. The first-order chi connectivity index (χ1) is 8.44. The van der Waals surface area contributed by atoms with E-state index >= 15 is 0 Å². The molecular weight excluding hydrogens is 302 g/mol. The molecule has 1 amide bonds. The molecule has 0 radical (unpaired) electrons. The van der Waals surface area contributed by atoms with Crippen molar-refractivity contribution in [3.05, 3.63) is 11.8 Å². The van der Waals surface area contributed by atoms with Gasteiger partial charge in [0.25, 0.3) is 0 Å². The van der Waals surface area contributed by atoms with Crippen molar-refractivity contribution in [3.8, 4) is 0 Å². The summed E-state index contributed by atoms with van der Waals surface area (Å²) < 4.78 is 27.1. The van der Waals surface area contributed by atoms with Crippen LogP contribution in [0.1, 0.15) is 12.7 Å². The number of nitrogens with zero attached hydrogens (tertiary/aromatic N) is 2. The molecule has 0 aromatic carbocycles. The topological polar surface area (TPSA) is 161 Å². The highest BCUT2D eigenvalue weighted by Gasteiger charge is 2.50. The first kappa shape index (κ1) is 16.0. The Hall–Kier alpha value is -1.02. The lowest BCUT2D eigenvalue weighted by Crippen LogP contribution is -2.39. The smallest absolute Gasteiger partial charge is 0.360 e. The van der Waals surface area contributed by atoms with Gasteiger partial charge in [-0.25, -0.2) is 0 Å². The van der Waals surface area contributed by atoms with E-state index in [1.54, 1.807) is 0 Å². The van der Waals surface area contributed by atoms with Crippen LogP contribution in [0.25, 0.3) is 0 Å². The number of amides is 1. The molecule has 1 aromatic heterocycles. The minimum atomic E-state index is -5.30. The number of hydrogen-bond acceptors (Lipinski definition) is 5. The fraction of sp³-hybridized carbons (Fsp3) is 0.429. The molecule has 19 heavy (non-hydrogen) atoms. The molecule has 12 heteroatoms. The van der Waals surface area contributed by atoms with Crippen molar-refractivity contribution in [2.24, 2.45) is 0 Å². The van der Waals surface area contributed by atoms with Crippen molar-refractivity contribution < 1.29 is 38.0 Å². The third-order valence-corrected chi connectivity index (χ3v) is 5.50. The molecule has 0 saturated heterocycles. The predicted octanol–water partition coefficient (Wildman–Crippen LogP) is -0.0251. The first-order valence-corrected chi connectivity index (χ1v) is 8.14. The maximum absolute atomic E-state index is 11.4. The standard InChI is InChI=1S/C7H12N2O8P2/c1-4-3-6(8-17-4)9(5(2)10)7(18(11,12)13)19(14,15)16/h3,7H,1-2H3,(H2,11,12,13)(H2,14,15,16). The third kappa shape index (κ3) is 3.73. The molecule has 0 unspecified atom stereocenters. The van der Waals surface area contributed by atoms with Crippen molar-refractivity contribution in [2.75, 3.05) is 4.90 Å². The molecule has 1 heterocycles. The predicted molar refractivity (Wildman–Crippen MR) is 62.3 cm³/mol. The van der Waals surface area contributed by atoms with Crippen LogP contribution in [-0.4, -0.2) is 36.2 Å². The van der Waals surface area contributed by atoms with Crippen LogP contribution in [0.5, 0.6) is 0 Å². The van der Waals surface area contributed by atoms with Crippen LogP contribution >= 0.6 is 15.2 Å². The number of carbonyl (C=O) groups is 1. The molecule has 4 N–H and O–H groups in total. The SMILES string of the molecule is CC(=O)N(c1cc(C)on1)C(P(=O)(O)O)P(=O)(O)O. The van der Waals surface area contributed by atoms with Gasteiger partial charge in [-0.15, -0.1) is 0 Å². The molecule has 0 bridgehead atoms. The van der Waals surface area contributed by atoms with E-state index in [1.807, 2.05) is 0 Å². The second-order valence-corrected chi connectivity index (χ2v) is 7.45. The second-order valence-electron chi connectivity index (χ2n) is 3.71. The lowest BCUT2D eigenvalue weighted by atomic mass is 10.4. The highest BCUT2D eigenvalue weighted by molar-refractivity contribution is 7.71. The number of carbonyl (C=O) groups excluding carboxylic acids is 1. The summed E-state index contributed by atoms with van der Waals surface area (Å²) in [5.74, 6) is -1.18. The van der Waals surface area contributed by atoms with Gasteiger partial charge < -0.3 is 24.1 Å². The van der Waals surface area contributed by atoms with Gasteiger partial charge in [-0.3, -0.25) is 18.8 Å². The fourth-order valence-electron chi connectivity index (χ4n) is 1.41. The van der Waals surface area contributed by atoms with Crippen molar-refractivity contribution >= 4 is 26.9 Å². The van der Waals surface area contributed by atoms with Crippen LogP contribution in [0.15, 0.2) is 10.6 Å². The molecule has 0 aliphatic carbocycles. The Balaban J connectivity index is 3.42. The molecule has 0 atom stereocenters. The summed E-state index contributed by atoms with van der Waals surface area (Å²) in [6.45, 7) is 2.33. The lowest BCUT2D eigenvalue weighted by Gasteiger charge is -2.29. The van der Waals surface area contributed by atoms with E-state index in [2.05, 4.69) is 9.68 Å². The van der Waals surface area contributed by atoms with E-state index in [0.717, 1.165) is 13.0 Å². The highest BCUT2D eigenvalue weighted by Crippen LogP contribution is 2.61. The Bertz CT molecular complexity index is 549. The summed E-state index contributed by atoms with van der Waals surface area (Å²) in [5, 5.41) is 3.33. The maximum Gasteiger partial charge on any atom is 0.360 e. The molecule has 0 spiro atoms. The second kappa shape index (κ2) is 5.16. The molecule has 10 nitrogen and oxygen atoms in total. The summed E-state index contributed by atoms with van der Waals surface area (Å²) in [5.41, 5.74) is -2.64. The van der Waals surface area contributed by atoms with Gasteiger partial charge in [0.2, 0.25) is 11.4 Å². The summed E-state index contributed by atoms with van der Waals surface area (Å²) in [6, 6.07) is 1.12. The molecule has 0 fully saturated rings. The highest BCUT2D eigenvalue weighted by atomic mass is 31.2. The largest absolute Gasteiger partial charge is 0.360 e. The van der Waals surface area contributed by atoms with E-state index in [0.29, 0.717) is 0 Å². The number of rotatable bonds is 4. The van der Waals surface area contributed by atoms with Crippen LogP contribution in [0.2, 0.25) is 0 Å². The number of aromatic nitrogens is 1. The zero-order valence-corrected chi connectivity index (χ0v) is 11.7. The first-order valence-electron chi connectivity index (χ1n) is 4.78. The Morgan fingerprint density at radius 2 is 1.79 bits per heavy atom. The minimum Gasteiger partial charge on any atom is -0.360 e. The summed E-state index contributed by atoms with van der Waals surface area (Å²) >= 11 is 0. The Morgan fingerprint density at radius 3 is 2.05 bits per heavy atom. The van der Waals surface area contributed by atoms with Crippen LogP contribution < -0.4 is 4.90 Å². The summed E-state index contributed by atoms with van der Waals surface area (Å²) in [4.78, 5) is 47.9. The van der Waals surface area contributed by atoms with Gasteiger partial charge in [-0.2, -0.15) is 0 Å². The molecule has 1 aromatic rings. The average molecular weight is 314 g/mol. The zero-order chi connectivity index (χ0) is 15.0. The Morgan fingerprint density at radius 1 is 1.32 bits per heavy atom. The normalized spacial score (nSPS) is 12.8. The third-order valence-electron chi connectivity index (χ3n) is 2.03. The molecule has 1 rings (SSSR count). The van der Waals surface area contributed by atoms with Gasteiger partial charge in [0.05, 0.1) is 0 Å². The Labute approximate surface area is 107 Å². The van der Waals surface area contributed by atoms with Gasteiger partial charge in [-0.05, 0) is 6.92 Å². The number of hydrogen-bond donors (Lipinski definition) is 4.